The third-order valence-electron chi connectivity index (χ3n) is 2.51. The largest absolute Gasteiger partial charge is 0.347 e. The quantitative estimate of drug-likeness (QED) is 0.674. The van der Waals surface area contributed by atoms with Crippen LogP contribution in [0, 0.1) is 27.2 Å². The summed E-state index contributed by atoms with van der Waals surface area (Å²) in [5.74, 6) is -0.582. The van der Waals surface area contributed by atoms with Crippen molar-refractivity contribution in [3.05, 3.63) is 43.5 Å². The summed E-state index contributed by atoms with van der Waals surface area (Å²) in [6.45, 7) is 6.61. The Bertz CT molecular complexity index is 589. The molecule has 0 bridgehead atoms. The lowest BCUT2D eigenvalue weighted by atomic mass is 10.0. The summed E-state index contributed by atoms with van der Waals surface area (Å²) in [7, 11) is 0. The van der Waals surface area contributed by atoms with Gasteiger partial charge in [0, 0.05) is 17.2 Å². The molecule has 1 amide bonds. The molecular weight excluding hydrogens is 266 g/mol. The SMILES string of the molecule is Cc1c(C(=O)NC(C)(C)C)cc([N+](=O)[O-])cc1[N+](=O)[O-]. The van der Waals surface area contributed by atoms with Gasteiger partial charge in [0.25, 0.3) is 17.3 Å². The molecule has 0 heterocycles. The number of nitrogens with zero attached hydrogens (tertiary/aromatic N) is 2. The van der Waals surface area contributed by atoms with Gasteiger partial charge in [-0.3, -0.25) is 25.0 Å². The number of rotatable bonds is 3. The Hall–Kier alpha value is -2.51. The molecule has 8 heteroatoms. The molecule has 1 aromatic carbocycles. The number of non-ortho nitro benzene ring substituents is 1. The average molecular weight is 281 g/mol. The lowest BCUT2D eigenvalue weighted by molar-refractivity contribution is -0.394. The summed E-state index contributed by atoms with van der Waals surface area (Å²) < 4.78 is 0. The van der Waals surface area contributed by atoms with Crippen molar-refractivity contribution in [2.24, 2.45) is 0 Å². The Labute approximate surface area is 115 Å². The molecule has 0 aliphatic heterocycles. The summed E-state index contributed by atoms with van der Waals surface area (Å²) in [5.41, 5.74) is -1.45. The van der Waals surface area contributed by atoms with E-state index in [1.54, 1.807) is 20.8 Å². The molecule has 0 saturated heterocycles. The first-order valence-electron chi connectivity index (χ1n) is 5.79. The smallest absolute Gasteiger partial charge is 0.279 e. The summed E-state index contributed by atoms with van der Waals surface area (Å²) in [6.07, 6.45) is 0. The van der Waals surface area contributed by atoms with Crippen molar-refractivity contribution < 1.29 is 14.6 Å². The van der Waals surface area contributed by atoms with E-state index in [0.29, 0.717) is 0 Å². The van der Waals surface area contributed by atoms with E-state index in [2.05, 4.69) is 5.32 Å². The number of amides is 1. The highest BCUT2D eigenvalue weighted by molar-refractivity contribution is 5.97. The predicted octanol–water partition coefficient (Wildman–Crippen LogP) is 2.34. The first-order chi connectivity index (χ1) is 9.03. The summed E-state index contributed by atoms with van der Waals surface area (Å²) in [6, 6.07) is 1.90. The molecule has 0 fully saturated rings. The molecule has 0 spiro atoms. The topological polar surface area (TPSA) is 115 Å². The van der Waals surface area contributed by atoms with Crippen LogP contribution in [0.2, 0.25) is 0 Å². The normalized spacial score (nSPS) is 11.0. The third kappa shape index (κ3) is 3.50. The Balaban J connectivity index is 3.41. The molecule has 8 nitrogen and oxygen atoms in total. The highest BCUT2D eigenvalue weighted by Crippen LogP contribution is 2.28. The molecule has 108 valence electrons. The molecule has 0 unspecified atom stereocenters. The molecule has 0 aliphatic carbocycles. The number of carbonyl (C=O) groups excluding carboxylic acids is 1. The van der Waals surface area contributed by atoms with Gasteiger partial charge < -0.3 is 5.32 Å². The van der Waals surface area contributed by atoms with Gasteiger partial charge in [0.15, 0.2) is 0 Å². The summed E-state index contributed by atoms with van der Waals surface area (Å²) >= 11 is 0. The number of nitro groups is 2. The zero-order chi connectivity index (χ0) is 15.7. The van der Waals surface area contributed by atoms with Gasteiger partial charge in [0.2, 0.25) is 0 Å². The van der Waals surface area contributed by atoms with Crippen LogP contribution in [0.3, 0.4) is 0 Å². The zero-order valence-electron chi connectivity index (χ0n) is 11.6. The standard InChI is InChI=1S/C12H15N3O5/c1-7-9(11(16)13-12(2,3)4)5-8(14(17)18)6-10(7)15(19)20/h5-6H,1-4H3,(H,13,16). The van der Waals surface area contributed by atoms with Crippen LogP contribution in [0.4, 0.5) is 11.4 Å². The van der Waals surface area contributed by atoms with Crippen molar-refractivity contribution in [2.75, 3.05) is 0 Å². The van der Waals surface area contributed by atoms with Crippen LogP contribution in [-0.2, 0) is 0 Å². The van der Waals surface area contributed by atoms with Gasteiger partial charge in [-0.25, -0.2) is 0 Å². The maximum Gasteiger partial charge on any atom is 0.279 e. The molecule has 0 saturated carbocycles. The van der Waals surface area contributed by atoms with E-state index in [-0.39, 0.29) is 11.1 Å². The van der Waals surface area contributed by atoms with Crippen LogP contribution in [0.1, 0.15) is 36.7 Å². The summed E-state index contributed by atoms with van der Waals surface area (Å²) in [4.78, 5) is 32.3. The van der Waals surface area contributed by atoms with E-state index in [4.69, 9.17) is 0 Å². The van der Waals surface area contributed by atoms with Crippen LogP contribution in [-0.4, -0.2) is 21.3 Å². The molecule has 1 N–H and O–H groups in total. The Kier molecular flexibility index (Phi) is 4.07. The van der Waals surface area contributed by atoms with E-state index < -0.39 is 32.7 Å². The number of hydrogen-bond acceptors (Lipinski definition) is 5. The van der Waals surface area contributed by atoms with E-state index in [1.807, 2.05) is 0 Å². The van der Waals surface area contributed by atoms with Crippen LogP contribution in [0.15, 0.2) is 12.1 Å². The molecule has 0 aliphatic rings. The lowest BCUT2D eigenvalue weighted by Gasteiger charge is -2.21. The molecule has 0 aromatic heterocycles. The summed E-state index contributed by atoms with van der Waals surface area (Å²) in [5, 5.41) is 24.3. The van der Waals surface area contributed by atoms with E-state index in [9.17, 15) is 25.0 Å². The first kappa shape index (κ1) is 15.5. The monoisotopic (exact) mass is 281 g/mol. The molecule has 0 radical (unpaired) electrons. The molecule has 20 heavy (non-hydrogen) atoms. The maximum atomic E-state index is 12.1. The molecule has 0 atom stereocenters. The van der Waals surface area contributed by atoms with Crippen molar-refractivity contribution in [3.8, 4) is 0 Å². The number of carbonyl (C=O) groups is 1. The van der Waals surface area contributed by atoms with Crippen molar-refractivity contribution in [3.63, 3.8) is 0 Å². The minimum atomic E-state index is -0.764. The van der Waals surface area contributed by atoms with Gasteiger partial charge in [-0.2, -0.15) is 0 Å². The van der Waals surface area contributed by atoms with E-state index in [1.165, 1.54) is 6.92 Å². The van der Waals surface area contributed by atoms with E-state index in [0.717, 1.165) is 12.1 Å². The van der Waals surface area contributed by atoms with Gasteiger partial charge in [0.05, 0.1) is 21.5 Å². The number of benzene rings is 1. The highest BCUT2D eigenvalue weighted by Gasteiger charge is 2.26. The highest BCUT2D eigenvalue weighted by atomic mass is 16.6. The first-order valence-corrected chi connectivity index (χ1v) is 5.79. The minimum absolute atomic E-state index is 0.0687. The van der Waals surface area contributed by atoms with E-state index >= 15 is 0 Å². The Morgan fingerprint density at radius 1 is 1.15 bits per heavy atom. The molecular formula is C12H15N3O5. The maximum absolute atomic E-state index is 12.1. The van der Waals surface area contributed by atoms with Crippen molar-refractivity contribution in [1.82, 2.24) is 5.32 Å². The van der Waals surface area contributed by atoms with Crippen molar-refractivity contribution >= 4 is 17.3 Å². The fraction of sp³-hybridized carbons (Fsp3) is 0.417. The molecule has 1 rings (SSSR count). The fourth-order valence-corrected chi connectivity index (χ4v) is 1.62. The average Bonchev–Trinajstić information content (AvgIpc) is 2.25. The Morgan fingerprint density at radius 3 is 2.10 bits per heavy atom. The number of nitrogens with one attached hydrogen (secondary N) is 1. The van der Waals surface area contributed by atoms with Crippen molar-refractivity contribution in [1.29, 1.82) is 0 Å². The second-order valence-electron chi connectivity index (χ2n) is 5.36. The van der Waals surface area contributed by atoms with Crippen molar-refractivity contribution in [2.45, 2.75) is 33.2 Å². The van der Waals surface area contributed by atoms with Crippen LogP contribution < -0.4 is 5.32 Å². The van der Waals surface area contributed by atoms with Crippen LogP contribution >= 0.6 is 0 Å². The Morgan fingerprint density at radius 2 is 1.70 bits per heavy atom. The second-order valence-corrected chi connectivity index (χ2v) is 5.36. The lowest BCUT2D eigenvalue weighted by Crippen LogP contribution is -2.40. The van der Waals surface area contributed by atoms with Gasteiger partial charge >= 0.3 is 0 Å². The number of nitro benzene ring substituents is 2. The second kappa shape index (κ2) is 5.24. The molecule has 1 aromatic rings. The van der Waals surface area contributed by atoms with Crippen LogP contribution in [0.5, 0.6) is 0 Å². The van der Waals surface area contributed by atoms with Gasteiger partial charge in [-0.15, -0.1) is 0 Å². The van der Waals surface area contributed by atoms with Gasteiger partial charge in [-0.1, -0.05) is 0 Å². The minimum Gasteiger partial charge on any atom is -0.347 e. The predicted molar refractivity (Wildman–Crippen MR) is 71.7 cm³/mol. The fourth-order valence-electron chi connectivity index (χ4n) is 1.62. The van der Waals surface area contributed by atoms with Crippen LogP contribution in [0.25, 0.3) is 0 Å². The number of hydrogen-bond donors (Lipinski definition) is 1. The third-order valence-corrected chi connectivity index (χ3v) is 2.51. The zero-order valence-corrected chi connectivity index (χ0v) is 11.6. The van der Waals surface area contributed by atoms with Gasteiger partial charge in [-0.05, 0) is 27.7 Å². The van der Waals surface area contributed by atoms with Gasteiger partial charge in [0.1, 0.15) is 0 Å².